The molecule has 1 heterocycles. The normalized spacial score (nSPS) is 9.65. The van der Waals surface area contributed by atoms with Crippen molar-refractivity contribution in [1.29, 1.82) is 0 Å². The second-order valence-electron chi connectivity index (χ2n) is 3.03. The van der Waals surface area contributed by atoms with Crippen LogP contribution in [0.15, 0.2) is 12.1 Å². The first kappa shape index (κ1) is 13.1. The number of pyridine rings is 1. The summed E-state index contributed by atoms with van der Waals surface area (Å²) in [5.74, 6) is 0.239. The first-order chi connectivity index (χ1) is 8.17. The lowest BCUT2D eigenvalue weighted by molar-refractivity contribution is -0.893. The summed E-state index contributed by atoms with van der Waals surface area (Å²) in [6.45, 7) is 2.27. The van der Waals surface area contributed by atoms with E-state index in [0.717, 1.165) is 0 Å². The van der Waals surface area contributed by atoms with Crippen molar-refractivity contribution in [1.82, 2.24) is 0 Å². The van der Waals surface area contributed by atoms with Crippen molar-refractivity contribution in [2.75, 3.05) is 27.9 Å². The number of methoxy groups -OCH3 is 3. The number of esters is 1. The molecule has 0 aromatic carbocycles. The van der Waals surface area contributed by atoms with E-state index in [4.69, 9.17) is 14.3 Å². The molecule has 1 aromatic heterocycles. The van der Waals surface area contributed by atoms with Gasteiger partial charge >= 0.3 is 17.7 Å². The van der Waals surface area contributed by atoms with E-state index in [9.17, 15) is 4.79 Å². The molecule has 1 rings (SSSR count). The Hall–Kier alpha value is -1.98. The fourth-order valence-electron chi connectivity index (χ4n) is 1.31. The van der Waals surface area contributed by atoms with E-state index in [1.807, 2.05) is 6.92 Å². The highest BCUT2D eigenvalue weighted by molar-refractivity contribution is 5.89. The van der Waals surface area contributed by atoms with Crippen LogP contribution < -0.4 is 19.0 Å². The van der Waals surface area contributed by atoms with Gasteiger partial charge in [0.15, 0.2) is 6.61 Å². The highest BCUT2D eigenvalue weighted by atomic mass is 16.7. The third-order valence-electron chi connectivity index (χ3n) is 2.06. The van der Waals surface area contributed by atoms with Gasteiger partial charge in [0.1, 0.15) is 0 Å². The molecule has 0 amide bonds. The number of aromatic nitrogens is 1. The lowest BCUT2D eigenvalue weighted by Gasteiger charge is -2.05. The Bertz CT molecular complexity index is 380. The van der Waals surface area contributed by atoms with E-state index >= 15 is 0 Å². The summed E-state index contributed by atoms with van der Waals surface area (Å²) < 4.78 is 16.3. The number of carbonyl (C=O) groups is 1. The third kappa shape index (κ3) is 2.77. The van der Waals surface area contributed by atoms with E-state index in [2.05, 4.69) is 4.74 Å². The topological polar surface area (TPSA) is 57.9 Å². The number of carbonyl (C=O) groups excluding carboxylic acids is 1. The Morgan fingerprint density at radius 2 is 1.71 bits per heavy atom. The zero-order valence-electron chi connectivity index (χ0n) is 10.4. The predicted octanol–water partition coefficient (Wildman–Crippen LogP) is 0.226. The fraction of sp³-hybridized carbons (Fsp3) is 0.455. The molecule has 17 heavy (non-hydrogen) atoms. The minimum Gasteiger partial charge on any atom is -0.465 e. The molecule has 1 aromatic rings. The van der Waals surface area contributed by atoms with Crippen LogP contribution in [0.5, 0.6) is 11.8 Å². The van der Waals surface area contributed by atoms with Crippen molar-refractivity contribution in [3.8, 4) is 11.8 Å². The average Bonchev–Trinajstić information content (AvgIpc) is 2.38. The highest BCUT2D eigenvalue weighted by Crippen LogP contribution is 2.15. The Labute approximate surface area is 99.6 Å². The smallest absolute Gasteiger partial charge is 0.422 e. The average molecular weight is 242 g/mol. The number of nitrogens with zero attached hydrogens (tertiary/aromatic N) is 1. The van der Waals surface area contributed by atoms with Crippen molar-refractivity contribution < 1.29 is 28.6 Å². The number of ether oxygens (including phenoxy) is 3. The zero-order chi connectivity index (χ0) is 12.8. The number of hydrogen-bond acceptors (Lipinski definition) is 5. The molecule has 0 atom stereocenters. The summed E-state index contributed by atoms with van der Waals surface area (Å²) in [7, 11) is 4.27. The van der Waals surface area contributed by atoms with Gasteiger partial charge in [0.2, 0.25) is 0 Å². The van der Waals surface area contributed by atoms with E-state index < -0.39 is 5.97 Å². The minimum absolute atomic E-state index is 0.331. The van der Waals surface area contributed by atoms with E-state index in [1.165, 1.54) is 38.2 Å². The summed E-state index contributed by atoms with van der Waals surface area (Å²) in [5.41, 5.74) is 0.331. The summed E-state index contributed by atoms with van der Waals surface area (Å²) in [6, 6.07) is 3.04. The van der Waals surface area contributed by atoms with Crippen molar-refractivity contribution in [2.45, 2.75) is 6.92 Å². The summed E-state index contributed by atoms with van der Waals surface area (Å²) >= 11 is 0. The molecule has 0 radical (unpaired) electrons. The Balaban J connectivity index is 3.28. The first-order valence-corrected chi connectivity index (χ1v) is 5.07. The van der Waals surface area contributed by atoms with Crippen LogP contribution in [0.25, 0.3) is 0 Å². The van der Waals surface area contributed by atoms with Crippen LogP contribution >= 0.6 is 0 Å². The lowest BCUT2D eigenvalue weighted by Crippen LogP contribution is -2.45. The van der Waals surface area contributed by atoms with Crippen LogP contribution in [-0.2, 0) is 4.74 Å². The number of hydrogen-bond donors (Lipinski definition) is 0. The van der Waals surface area contributed by atoms with Gasteiger partial charge in [-0.05, 0) is 6.92 Å². The summed E-state index contributed by atoms with van der Waals surface area (Å²) in [6.07, 6.45) is 0. The summed E-state index contributed by atoms with van der Waals surface area (Å²) in [5, 5.41) is 0. The quantitative estimate of drug-likeness (QED) is 0.546. The van der Waals surface area contributed by atoms with Crippen LogP contribution in [0, 0.1) is 0 Å². The highest BCUT2D eigenvalue weighted by Gasteiger charge is 2.25. The maximum Gasteiger partial charge on any atom is 0.422 e. The molecule has 6 heteroatoms. The Morgan fingerprint density at radius 1 is 1.18 bits per heavy atom. The molecule has 0 aliphatic rings. The van der Waals surface area contributed by atoms with Crippen LogP contribution in [0.2, 0.25) is 0 Å². The monoisotopic (exact) mass is 242 g/mol. The van der Waals surface area contributed by atoms with Crippen LogP contribution in [0.3, 0.4) is 0 Å². The fourth-order valence-corrected chi connectivity index (χ4v) is 1.31. The van der Waals surface area contributed by atoms with Gasteiger partial charge in [0.05, 0.1) is 43.8 Å². The predicted molar refractivity (Wildman–Crippen MR) is 58.2 cm³/mol. The second kappa shape index (κ2) is 5.93. The molecular weight excluding hydrogens is 226 g/mol. The van der Waals surface area contributed by atoms with Gasteiger partial charge in [-0.2, -0.15) is 0 Å². The van der Waals surface area contributed by atoms with Crippen LogP contribution in [0.4, 0.5) is 0 Å². The van der Waals surface area contributed by atoms with Gasteiger partial charge in [-0.3, -0.25) is 4.84 Å². The van der Waals surface area contributed by atoms with E-state index in [-0.39, 0.29) is 0 Å². The van der Waals surface area contributed by atoms with Gasteiger partial charge in [-0.15, -0.1) is 0 Å². The largest absolute Gasteiger partial charge is 0.465 e. The molecular formula is C11H16NO5+. The third-order valence-corrected chi connectivity index (χ3v) is 2.06. The van der Waals surface area contributed by atoms with Crippen molar-refractivity contribution in [2.24, 2.45) is 0 Å². The van der Waals surface area contributed by atoms with Crippen LogP contribution in [0.1, 0.15) is 17.3 Å². The van der Waals surface area contributed by atoms with Crippen LogP contribution in [-0.4, -0.2) is 33.9 Å². The van der Waals surface area contributed by atoms with Gasteiger partial charge in [-0.1, -0.05) is 0 Å². The maximum absolute atomic E-state index is 11.4. The second-order valence-corrected chi connectivity index (χ2v) is 3.03. The molecule has 0 aliphatic heterocycles. The van der Waals surface area contributed by atoms with E-state index in [1.54, 1.807) is 0 Å². The Kier molecular flexibility index (Phi) is 4.56. The van der Waals surface area contributed by atoms with Crippen molar-refractivity contribution >= 4 is 5.97 Å². The molecule has 6 nitrogen and oxygen atoms in total. The van der Waals surface area contributed by atoms with Crippen molar-refractivity contribution in [3.05, 3.63) is 17.7 Å². The standard InChI is InChI=1S/C11H16NO5/c1-5-17-12-9(14-2)6-8(11(13)16-4)7-10(12)15-3/h6-7H,5H2,1-4H3/q+1. The van der Waals surface area contributed by atoms with Crippen molar-refractivity contribution in [3.63, 3.8) is 0 Å². The molecule has 0 unspecified atom stereocenters. The first-order valence-electron chi connectivity index (χ1n) is 5.07. The lowest BCUT2D eigenvalue weighted by atomic mass is 10.2. The molecule has 0 aliphatic carbocycles. The molecule has 0 saturated heterocycles. The Morgan fingerprint density at radius 3 is 2.06 bits per heavy atom. The van der Waals surface area contributed by atoms with Gasteiger partial charge in [-0.25, -0.2) is 4.79 Å². The zero-order valence-corrected chi connectivity index (χ0v) is 10.4. The molecule has 94 valence electrons. The molecule has 0 saturated carbocycles. The molecule has 0 N–H and O–H groups in total. The van der Waals surface area contributed by atoms with E-state index in [0.29, 0.717) is 23.9 Å². The minimum atomic E-state index is -0.467. The molecule has 0 spiro atoms. The molecule has 0 fully saturated rings. The SMILES string of the molecule is CCO[n+]1c(OC)cc(C(=O)OC)cc1OC. The molecule has 0 bridgehead atoms. The maximum atomic E-state index is 11.4. The van der Waals surface area contributed by atoms with Gasteiger partial charge in [0, 0.05) is 0 Å². The summed E-state index contributed by atoms with van der Waals surface area (Å²) in [4.78, 5) is 16.8. The van der Waals surface area contributed by atoms with Gasteiger partial charge in [0.25, 0.3) is 0 Å². The van der Waals surface area contributed by atoms with Gasteiger partial charge < -0.3 is 14.2 Å². The number of rotatable bonds is 5.